The second-order valence-corrected chi connectivity index (χ2v) is 3.69. The van der Waals surface area contributed by atoms with Gasteiger partial charge < -0.3 is 46.3 Å². The largest absolute Gasteiger partial charge is 1.00 e. The summed E-state index contributed by atoms with van der Waals surface area (Å²) >= 11 is 0. The molecule has 0 fully saturated rings. The fourth-order valence-corrected chi connectivity index (χ4v) is 0.788. The minimum atomic E-state index is -1.44. The molecule has 0 aliphatic rings. The van der Waals surface area contributed by atoms with Crippen LogP contribution in [-0.2, 0) is 19.2 Å². The SMILES string of the molecule is N[C@@H](CCC(=O)O)C(=O)[O-].N[C@@H](CCC(=O)[O-])C(=O)[O-].[Na+].[Na+].[Na+]. The Bertz CT molecular complexity index is 336. The molecule has 0 spiro atoms. The number of aliphatic carboxylic acids is 4. The maximum atomic E-state index is 9.88. The Balaban J connectivity index is -0.0000000831. The zero-order chi connectivity index (χ0) is 16.3. The van der Waals surface area contributed by atoms with Crippen molar-refractivity contribution >= 4 is 23.9 Å². The molecule has 0 bridgehead atoms. The average Bonchev–Trinajstić information content (AvgIpc) is 2.33. The summed E-state index contributed by atoms with van der Waals surface area (Å²) in [6.45, 7) is 0. The molecule has 0 amide bonds. The monoisotopic (exact) mass is 360 g/mol. The van der Waals surface area contributed by atoms with Gasteiger partial charge in [0.05, 0.1) is 11.9 Å². The molecule has 0 rings (SSSR count). The summed E-state index contributed by atoms with van der Waals surface area (Å²) in [7, 11) is 0. The van der Waals surface area contributed by atoms with Gasteiger partial charge in [0.25, 0.3) is 0 Å². The summed E-state index contributed by atoms with van der Waals surface area (Å²) in [6, 6.07) is -2.38. The zero-order valence-electron chi connectivity index (χ0n) is 13.4. The van der Waals surface area contributed by atoms with Crippen LogP contribution in [0.2, 0.25) is 0 Å². The van der Waals surface area contributed by atoms with Crippen LogP contribution in [0.25, 0.3) is 0 Å². The molecule has 10 nitrogen and oxygen atoms in total. The normalized spacial score (nSPS) is 10.9. The summed E-state index contributed by atoms with van der Waals surface area (Å²) in [5, 5.41) is 37.6. The van der Waals surface area contributed by atoms with E-state index >= 15 is 0 Å². The number of carboxylic acids is 4. The van der Waals surface area contributed by atoms with E-state index in [2.05, 4.69) is 0 Å². The molecule has 5 N–H and O–H groups in total. The van der Waals surface area contributed by atoms with Crippen LogP contribution in [0, 0.1) is 0 Å². The molecule has 0 aliphatic carbocycles. The fraction of sp³-hybridized carbons (Fsp3) is 0.600. The minimum absolute atomic E-state index is 0. The number of rotatable bonds is 8. The van der Waals surface area contributed by atoms with E-state index in [0.717, 1.165) is 0 Å². The van der Waals surface area contributed by atoms with Gasteiger partial charge in [0.1, 0.15) is 0 Å². The standard InChI is InChI=1S/2C5H9NO4.3Na/c2*6-3(5(9)10)1-2-4(7)8;;;/h2*3H,1-2,6H2,(H,7,8)(H,9,10);;;/q;;3*+1/p-3/t2*3-;;;/m00.../s1. The third-order valence-corrected chi connectivity index (χ3v) is 1.93. The Labute approximate surface area is 199 Å². The first-order valence-corrected chi connectivity index (χ1v) is 5.42. The Morgan fingerprint density at radius 1 is 0.783 bits per heavy atom. The fourth-order valence-electron chi connectivity index (χ4n) is 0.788. The van der Waals surface area contributed by atoms with E-state index in [1.54, 1.807) is 0 Å². The topological polar surface area (TPSA) is 210 Å². The summed E-state index contributed by atoms with van der Waals surface area (Å²) in [6.07, 6.45) is -0.827. The van der Waals surface area contributed by atoms with Crippen LogP contribution in [0.4, 0.5) is 0 Å². The van der Waals surface area contributed by atoms with Crippen LogP contribution < -0.4 is 115 Å². The smallest absolute Gasteiger partial charge is 0.550 e. The van der Waals surface area contributed by atoms with E-state index in [1.165, 1.54) is 0 Å². The quantitative estimate of drug-likeness (QED) is 0.348. The molecule has 0 aliphatic heterocycles. The second-order valence-electron chi connectivity index (χ2n) is 3.69. The number of carbonyl (C=O) groups is 4. The summed E-state index contributed by atoms with van der Waals surface area (Å²) in [5.41, 5.74) is 9.85. The van der Waals surface area contributed by atoms with E-state index < -0.39 is 36.0 Å². The third kappa shape index (κ3) is 27.9. The minimum Gasteiger partial charge on any atom is -0.550 e. The Morgan fingerprint density at radius 3 is 1.30 bits per heavy atom. The van der Waals surface area contributed by atoms with Crippen molar-refractivity contribution in [2.45, 2.75) is 37.8 Å². The first-order valence-electron chi connectivity index (χ1n) is 5.42. The molecule has 2 atom stereocenters. The van der Waals surface area contributed by atoms with Crippen molar-refractivity contribution in [1.29, 1.82) is 0 Å². The van der Waals surface area contributed by atoms with Crippen LogP contribution in [0.15, 0.2) is 0 Å². The number of hydrogen-bond donors (Lipinski definition) is 3. The van der Waals surface area contributed by atoms with Crippen molar-refractivity contribution < 1.29 is 128 Å². The molecular formula is C10H15N2Na3O8. The van der Waals surface area contributed by atoms with Crippen molar-refractivity contribution in [3.05, 3.63) is 0 Å². The molecule has 13 heteroatoms. The molecule has 0 saturated heterocycles. The molecule has 0 saturated carbocycles. The van der Waals surface area contributed by atoms with Gasteiger partial charge >= 0.3 is 94.6 Å². The predicted molar refractivity (Wildman–Crippen MR) is 57.1 cm³/mol. The summed E-state index contributed by atoms with van der Waals surface area (Å²) in [4.78, 5) is 39.3. The van der Waals surface area contributed by atoms with E-state index in [1.807, 2.05) is 0 Å². The molecule has 0 unspecified atom stereocenters. The van der Waals surface area contributed by atoms with Crippen LogP contribution in [-0.4, -0.2) is 41.1 Å². The molecule has 0 aromatic carbocycles. The van der Waals surface area contributed by atoms with Gasteiger partial charge in [-0.1, -0.05) is 0 Å². The third-order valence-electron chi connectivity index (χ3n) is 1.93. The van der Waals surface area contributed by atoms with Crippen LogP contribution in [0.3, 0.4) is 0 Å². The molecular weight excluding hydrogens is 345 g/mol. The molecule has 23 heavy (non-hydrogen) atoms. The van der Waals surface area contributed by atoms with Crippen LogP contribution in [0.5, 0.6) is 0 Å². The maximum absolute atomic E-state index is 9.88. The molecule has 0 heterocycles. The van der Waals surface area contributed by atoms with E-state index in [9.17, 15) is 34.5 Å². The number of nitrogens with two attached hydrogens (primary N) is 2. The van der Waals surface area contributed by atoms with Crippen molar-refractivity contribution in [3.63, 3.8) is 0 Å². The van der Waals surface area contributed by atoms with E-state index in [4.69, 9.17) is 16.6 Å². The van der Waals surface area contributed by atoms with E-state index in [0.29, 0.717) is 0 Å². The van der Waals surface area contributed by atoms with E-state index in [-0.39, 0.29) is 114 Å². The zero-order valence-corrected chi connectivity index (χ0v) is 19.4. The van der Waals surface area contributed by atoms with Gasteiger partial charge in [-0.05, 0) is 19.3 Å². The molecule has 116 valence electrons. The van der Waals surface area contributed by atoms with Gasteiger partial charge in [0.2, 0.25) is 0 Å². The van der Waals surface area contributed by atoms with Crippen molar-refractivity contribution in [1.82, 2.24) is 0 Å². The van der Waals surface area contributed by atoms with Gasteiger partial charge in [0.15, 0.2) is 0 Å². The van der Waals surface area contributed by atoms with Crippen LogP contribution in [0.1, 0.15) is 25.7 Å². The average molecular weight is 360 g/mol. The number of hydrogen-bond acceptors (Lipinski definition) is 9. The first kappa shape index (κ1) is 35.0. The van der Waals surface area contributed by atoms with Gasteiger partial charge in [0, 0.05) is 24.5 Å². The molecule has 0 aromatic rings. The van der Waals surface area contributed by atoms with Gasteiger partial charge in [-0.2, -0.15) is 0 Å². The molecule has 0 aromatic heterocycles. The number of carbonyl (C=O) groups excluding carboxylic acids is 3. The number of carboxylic acid groups (broad SMARTS) is 4. The van der Waals surface area contributed by atoms with Crippen molar-refractivity contribution in [3.8, 4) is 0 Å². The van der Waals surface area contributed by atoms with Crippen molar-refractivity contribution in [2.24, 2.45) is 11.5 Å². The van der Waals surface area contributed by atoms with Crippen molar-refractivity contribution in [2.75, 3.05) is 0 Å². The Morgan fingerprint density at radius 2 is 1.09 bits per heavy atom. The first-order chi connectivity index (χ1) is 9.07. The summed E-state index contributed by atoms with van der Waals surface area (Å²) < 4.78 is 0. The maximum Gasteiger partial charge on any atom is 1.00 e. The Hall–Kier alpha value is 0.800. The van der Waals surface area contributed by atoms with Crippen LogP contribution >= 0.6 is 0 Å². The second kappa shape index (κ2) is 20.8. The summed E-state index contributed by atoms with van der Waals surface area (Å²) in [5.74, 6) is -5.23. The van der Waals surface area contributed by atoms with Gasteiger partial charge in [-0.25, -0.2) is 0 Å². The Kier molecular flexibility index (Phi) is 31.7. The molecule has 0 radical (unpaired) electrons. The van der Waals surface area contributed by atoms with Gasteiger partial charge in [-0.15, -0.1) is 0 Å². The predicted octanol–water partition coefficient (Wildman–Crippen LogP) is -14.5. The van der Waals surface area contributed by atoms with Gasteiger partial charge in [-0.3, -0.25) is 4.79 Å².